The van der Waals surface area contributed by atoms with Crippen molar-refractivity contribution in [3.8, 4) is 0 Å². The lowest BCUT2D eigenvalue weighted by Gasteiger charge is -2.40. The molecule has 0 unspecified atom stereocenters. The number of para-hydroxylation sites is 1. The number of benzene rings is 1. The molecule has 9 nitrogen and oxygen atoms in total. The summed E-state index contributed by atoms with van der Waals surface area (Å²) < 4.78 is 1.25. The highest BCUT2D eigenvalue weighted by molar-refractivity contribution is 5.94. The molecule has 3 heterocycles. The number of anilines is 2. The molecule has 0 bridgehead atoms. The van der Waals surface area contributed by atoms with Gasteiger partial charge in [-0.3, -0.25) is 14.9 Å². The number of hydrogen-bond acceptors (Lipinski definition) is 6. The first-order valence-electron chi connectivity index (χ1n) is 11.6. The first-order valence-corrected chi connectivity index (χ1v) is 11.6. The van der Waals surface area contributed by atoms with E-state index in [0.717, 1.165) is 25.3 Å². The van der Waals surface area contributed by atoms with Crippen LogP contribution in [0, 0.1) is 22.6 Å². The van der Waals surface area contributed by atoms with Gasteiger partial charge in [0, 0.05) is 38.4 Å². The van der Waals surface area contributed by atoms with Crippen molar-refractivity contribution in [2.45, 2.75) is 31.7 Å². The lowest BCUT2D eigenvalue weighted by Crippen LogP contribution is -2.46. The highest BCUT2D eigenvalue weighted by atomic mass is 16.6. The van der Waals surface area contributed by atoms with E-state index in [1.165, 1.54) is 36.2 Å². The minimum Gasteiger partial charge on any atom is -0.368 e. The molecule has 0 spiro atoms. The van der Waals surface area contributed by atoms with Crippen LogP contribution < -0.4 is 15.4 Å². The van der Waals surface area contributed by atoms with E-state index in [4.69, 9.17) is 6.57 Å². The van der Waals surface area contributed by atoms with Gasteiger partial charge in [0.2, 0.25) is 5.52 Å². The molecule has 0 amide bonds. The summed E-state index contributed by atoms with van der Waals surface area (Å²) in [6.07, 6.45) is 4.17. The minimum atomic E-state index is -0.661. The van der Waals surface area contributed by atoms with Crippen molar-refractivity contribution in [2.24, 2.45) is 13.0 Å². The molecule has 1 aliphatic carbocycles. The number of nitro groups is 1. The van der Waals surface area contributed by atoms with Gasteiger partial charge in [-0.25, -0.2) is 0 Å². The average Bonchev–Trinajstić information content (AvgIpc) is 3.69. The van der Waals surface area contributed by atoms with E-state index in [9.17, 15) is 14.9 Å². The summed E-state index contributed by atoms with van der Waals surface area (Å²) in [5.74, 6) is 0.882. The van der Waals surface area contributed by atoms with Crippen molar-refractivity contribution in [3.63, 3.8) is 0 Å². The fourth-order valence-corrected chi connectivity index (χ4v) is 4.96. The molecule has 34 heavy (non-hydrogen) atoms. The molecular formula is C25H26N6O3. The average molecular weight is 459 g/mol. The van der Waals surface area contributed by atoms with Crippen LogP contribution in [0.2, 0.25) is 0 Å². The summed E-state index contributed by atoms with van der Waals surface area (Å²) in [5, 5.41) is 12.0. The molecule has 2 aliphatic rings. The summed E-state index contributed by atoms with van der Waals surface area (Å²) in [6, 6.07) is 13.9. The van der Waals surface area contributed by atoms with Gasteiger partial charge in [-0.2, -0.15) is 0 Å². The third-order valence-corrected chi connectivity index (χ3v) is 6.93. The quantitative estimate of drug-likeness (QED) is 0.311. The molecule has 0 radical (unpaired) electrons. The minimum absolute atomic E-state index is 0.149. The van der Waals surface area contributed by atoms with Crippen LogP contribution in [0.4, 0.5) is 22.9 Å². The van der Waals surface area contributed by atoms with E-state index in [-0.39, 0.29) is 11.5 Å². The third-order valence-electron chi connectivity index (χ3n) is 6.93. The van der Waals surface area contributed by atoms with Gasteiger partial charge in [0.15, 0.2) is 5.69 Å². The molecule has 9 heteroatoms. The molecule has 0 N–H and O–H groups in total. The molecule has 1 aliphatic heterocycles. The SMILES string of the molecule is [C-]#[N+]c1ccc2c(n1)c(N1CCC(N(CC3CC3)c3ccccc3)CC1)c([N+](=O)[O-])c(=O)n2C. The lowest BCUT2D eigenvalue weighted by molar-refractivity contribution is -0.385. The Kier molecular flexibility index (Phi) is 5.65. The lowest BCUT2D eigenvalue weighted by atomic mass is 10.0. The molecular weight excluding hydrogens is 432 g/mol. The van der Waals surface area contributed by atoms with Crippen molar-refractivity contribution in [1.29, 1.82) is 0 Å². The number of piperidine rings is 1. The zero-order valence-corrected chi connectivity index (χ0v) is 19.1. The molecule has 3 aromatic rings. The molecule has 2 fully saturated rings. The van der Waals surface area contributed by atoms with Crippen LogP contribution in [0.25, 0.3) is 15.9 Å². The molecule has 0 atom stereocenters. The third kappa shape index (κ3) is 3.96. The van der Waals surface area contributed by atoms with Gasteiger partial charge in [-0.05, 0) is 55.9 Å². The number of aromatic nitrogens is 2. The van der Waals surface area contributed by atoms with Gasteiger partial charge >= 0.3 is 11.2 Å². The normalized spacial score (nSPS) is 16.4. The number of hydrogen-bond donors (Lipinski definition) is 0. The molecule has 5 rings (SSSR count). The largest absolute Gasteiger partial charge is 0.368 e. The second kappa shape index (κ2) is 8.78. The Morgan fingerprint density at radius 2 is 1.85 bits per heavy atom. The maximum absolute atomic E-state index is 12.9. The van der Waals surface area contributed by atoms with E-state index >= 15 is 0 Å². The van der Waals surface area contributed by atoms with E-state index in [1.807, 2.05) is 11.0 Å². The molecule has 2 aromatic heterocycles. The fraction of sp³-hybridized carbons (Fsp3) is 0.400. The second-order valence-electron chi connectivity index (χ2n) is 9.12. The Morgan fingerprint density at radius 3 is 2.47 bits per heavy atom. The van der Waals surface area contributed by atoms with Crippen LogP contribution in [-0.2, 0) is 7.05 Å². The number of nitrogens with zero attached hydrogens (tertiary/aromatic N) is 6. The summed E-state index contributed by atoms with van der Waals surface area (Å²) in [6.45, 7) is 9.50. The monoisotopic (exact) mass is 458 g/mol. The van der Waals surface area contributed by atoms with Gasteiger partial charge < -0.3 is 19.2 Å². The summed E-state index contributed by atoms with van der Waals surface area (Å²) in [4.78, 5) is 36.5. The van der Waals surface area contributed by atoms with Crippen molar-refractivity contribution in [2.75, 3.05) is 29.4 Å². The summed E-state index contributed by atoms with van der Waals surface area (Å²) >= 11 is 0. The smallest absolute Gasteiger partial charge is 0.361 e. The first kappa shape index (κ1) is 21.9. The zero-order valence-electron chi connectivity index (χ0n) is 19.1. The predicted molar refractivity (Wildman–Crippen MR) is 132 cm³/mol. The maximum Gasteiger partial charge on any atom is 0.361 e. The van der Waals surface area contributed by atoms with Crippen molar-refractivity contribution in [1.82, 2.24) is 9.55 Å². The van der Waals surface area contributed by atoms with E-state index in [1.54, 1.807) is 6.07 Å². The van der Waals surface area contributed by atoms with Crippen LogP contribution >= 0.6 is 0 Å². The van der Waals surface area contributed by atoms with Crippen molar-refractivity contribution in [3.05, 3.63) is 74.3 Å². The van der Waals surface area contributed by atoms with Crippen molar-refractivity contribution >= 4 is 33.9 Å². The van der Waals surface area contributed by atoms with Gasteiger partial charge in [0.05, 0.1) is 10.4 Å². The molecule has 1 saturated carbocycles. The zero-order chi connectivity index (χ0) is 23.8. The standard InChI is InChI=1S/C25H26N6O3/c1-26-21-11-10-20-22(27-21)23(24(31(33)34)25(32)28(20)2)29-14-12-19(13-15-29)30(16-17-8-9-17)18-6-4-3-5-7-18/h3-7,10-11,17,19H,8-9,12-16H2,2H3. The maximum atomic E-state index is 12.9. The summed E-state index contributed by atoms with van der Waals surface area (Å²) in [7, 11) is 1.50. The van der Waals surface area contributed by atoms with Gasteiger partial charge in [0.1, 0.15) is 0 Å². The fourth-order valence-electron chi connectivity index (χ4n) is 4.96. The van der Waals surface area contributed by atoms with Crippen LogP contribution in [0.1, 0.15) is 25.7 Å². The van der Waals surface area contributed by atoms with Gasteiger partial charge in [0.25, 0.3) is 5.82 Å². The van der Waals surface area contributed by atoms with E-state index in [2.05, 4.69) is 39.0 Å². The molecule has 1 aromatic carbocycles. The highest BCUT2D eigenvalue weighted by Crippen LogP contribution is 2.37. The van der Waals surface area contributed by atoms with Crippen LogP contribution in [0.15, 0.2) is 47.3 Å². The Balaban J connectivity index is 1.50. The Labute approximate surface area is 197 Å². The van der Waals surface area contributed by atoms with Gasteiger partial charge in [-0.15, -0.1) is 4.98 Å². The Hall–Kier alpha value is -3.93. The Bertz CT molecular complexity index is 1330. The molecule has 174 valence electrons. The highest BCUT2D eigenvalue weighted by Gasteiger charge is 2.36. The first-order chi connectivity index (χ1) is 16.5. The summed E-state index contributed by atoms with van der Waals surface area (Å²) in [5.41, 5.74) is 1.13. The Morgan fingerprint density at radius 1 is 1.15 bits per heavy atom. The van der Waals surface area contributed by atoms with Gasteiger partial charge in [-0.1, -0.05) is 24.8 Å². The number of aryl methyl sites for hydroxylation is 1. The van der Waals surface area contributed by atoms with Crippen molar-refractivity contribution < 1.29 is 4.92 Å². The number of pyridine rings is 2. The van der Waals surface area contributed by atoms with Crippen LogP contribution in [0.3, 0.4) is 0 Å². The van der Waals surface area contributed by atoms with E-state index in [0.29, 0.717) is 30.2 Å². The second-order valence-corrected chi connectivity index (χ2v) is 9.12. The molecule has 1 saturated heterocycles. The number of rotatable bonds is 6. The topological polar surface area (TPSA) is 88.9 Å². The van der Waals surface area contributed by atoms with Crippen LogP contribution in [-0.4, -0.2) is 40.2 Å². The predicted octanol–water partition coefficient (Wildman–Crippen LogP) is 4.28. The number of fused-ring (bicyclic) bond motifs is 1. The van der Waals surface area contributed by atoms with Crippen LogP contribution in [0.5, 0.6) is 0 Å². The van der Waals surface area contributed by atoms with E-state index < -0.39 is 16.2 Å².